The minimum atomic E-state index is 0.196. The van der Waals surface area contributed by atoms with Crippen molar-refractivity contribution < 1.29 is 9.15 Å². The summed E-state index contributed by atoms with van der Waals surface area (Å²) in [5.74, 6) is 0.939. The van der Waals surface area contributed by atoms with Gasteiger partial charge in [0.15, 0.2) is 4.67 Å². The van der Waals surface area contributed by atoms with Crippen molar-refractivity contribution in [3.63, 3.8) is 0 Å². The molecule has 1 aliphatic rings. The fourth-order valence-corrected chi connectivity index (χ4v) is 1.62. The molecule has 60 valence electrons. The summed E-state index contributed by atoms with van der Waals surface area (Å²) in [6.45, 7) is 0.864. The van der Waals surface area contributed by atoms with Crippen molar-refractivity contribution in [1.82, 2.24) is 0 Å². The number of furan rings is 1. The van der Waals surface area contributed by atoms with Crippen LogP contribution in [0.1, 0.15) is 24.7 Å². The van der Waals surface area contributed by atoms with Crippen molar-refractivity contribution in [2.75, 3.05) is 6.61 Å². The van der Waals surface area contributed by atoms with Gasteiger partial charge in [-0.05, 0) is 40.9 Å². The molecule has 2 heterocycles. The number of halogens is 1. The van der Waals surface area contributed by atoms with Crippen LogP contribution in [0.25, 0.3) is 0 Å². The molecule has 0 amide bonds. The van der Waals surface area contributed by atoms with Crippen LogP contribution in [0.15, 0.2) is 21.2 Å². The lowest BCUT2D eigenvalue weighted by Crippen LogP contribution is -1.91. The van der Waals surface area contributed by atoms with E-state index in [1.165, 1.54) is 0 Å². The molecular weight excluding hydrogens is 208 g/mol. The number of rotatable bonds is 1. The Morgan fingerprint density at radius 1 is 1.45 bits per heavy atom. The van der Waals surface area contributed by atoms with Crippen molar-refractivity contribution in [3.05, 3.63) is 22.6 Å². The predicted molar refractivity (Wildman–Crippen MR) is 44.3 cm³/mol. The Morgan fingerprint density at radius 3 is 2.91 bits per heavy atom. The van der Waals surface area contributed by atoms with E-state index in [1.807, 2.05) is 12.1 Å². The molecule has 11 heavy (non-hydrogen) atoms. The number of ether oxygens (including phenoxy) is 1. The third-order valence-electron chi connectivity index (χ3n) is 1.84. The summed E-state index contributed by atoms with van der Waals surface area (Å²) < 4.78 is 11.6. The molecule has 0 bridgehead atoms. The Labute approximate surface area is 73.7 Å². The quantitative estimate of drug-likeness (QED) is 0.721. The average molecular weight is 217 g/mol. The molecule has 0 N–H and O–H groups in total. The maximum Gasteiger partial charge on any atom is 0.169 e. The third kappa shape index (κ3) is 1.49. The highest BCUT2D eigenvalue weighted by Crippen LogP contribution is 2.30. The van der Waals surface area contributed by atoms with E-state index in [1.54, 1.807) is 0 Å². The maximum atomic E-state index is 5.44. The Hall–Kier alpha value is -0.280. The lowest BCUT2D eigenvalue weighted by Gasteiger charge is -2.03. The monoisotopic (exact) mass is 216 g/mol. The Bertz CT molecular complexity index is 238. The average Bonchev–Trinajstić information content (AvgIpc) is 2.55. The number of hydrogen-bond acceptors (Lipinski definition) is 2. The minimum absolute atomic E-state index is 0.196. The van der Waals surface area contributed by atoms with Gasteiger partial charge in [0.1, 0.15) is 11.9 Å². The normalized spacial score (nSPS) is 24.3. The van der Waals surface area contributed by atoms with Gasteiger partial charge in [0, 0.05) is 6.61 Å². The fraction of sp³-hybridized carbons (Fsp3) is 0.500. The molecule has 3 heteroatoms. The van der Waals surface area contributed by atoms with E-state index in [2.05, 4.69) is 15.9 Å². The molecule has 1 aliphatic heterocycles. The first-order chi connectivity index (χ1) is 5.36. The van der Waals surface area contributed by atoms with E-state index in [-0.39, 0.29) is 6.10 Å². The van der Waals surface area contributed by atoms with Crippen LogP contribution in [0, 0.1) is 0 Å². The maximum absolute atomic E-state index is 5.44. The summed E-state index contributed by atoms with van der Waals surface area (Å²) >= 11 is 3.26. The van der Waals surface area contributed by atoms with E-state index in [9.17, 15) is 0 Å². The van der Waals surface area contributed by atoms with Crippen molar-refractivity contribution >= 4 is 15.9 Å². The Kier molecular flexibility index (Phi) is 2.00. The second-order valence-corrected chi connectivity index (χ2v) is 3.43. The van der Waals surface area contributed by atoms with Crippen molar-refractivity contribution in [2.45, 2.75) is 18.9 Å². The van der Waals surface area contributed by atoms with Gasteiger partial charge in [-0.15, -0.1) is 0 Å². The molecule has 1 atom stereocenters. The molecule has 0 radical (unpaired) electrons. The smallest absolute Gasteiger partial charge is 0.169 e. The SMILES string of the molecule is Brc1ccc(C2CCCO2)o1. The van der Waals surface area contributed by atoms with Gasteiger partial charge in [0.05, 0.1) is 0 Å². The summed E-state index contributed by atoms with van der Waals surface area (Å²) in [7, 11) is 0. The van der Waals surface area contributed by atoms with Gasteiger partial charge in [-0.1, -0.05) is 0 Å². The van der Waals surface area contributed by atoms with Crippen LogP contribution in [-0.4, -0.2) is 6.61 Å². The lowest BCUT2D eigenvalue weighted by molar-refractivity contribution is 0.0928. The zero-order valence-corrected chi connectivity index (χ0v) is 7.63. The molecule has 0 aliphatic carbocycles. The van der Waals surface area contributed by atoms with Gasteiger partial charge >= 0.3 is 0 Å². The first kappa shape index (κ1) is 7.37. The molecule has 0 spiro atoms. The van der Waals surface area contributed by atoms with Gasteiger partial charge < -0.3 is 9.15 Å². The van der Waals surface area contributed by atoms with Crippen LogP contribution in [0.5, 0.6) is 0 Å². The van der Waals surface area contributed by atoms with Gasteiger partial charge in [-0.2, -0.15) is 0 Å². The van der Waals surface area contributed by atoms with E-state index < -0.39 is 0 Å². The zero-order chi connectivity index (χ0) is 7.68. The topological polar surface area (TPSA) is 22.4 Å². The summed E-state index contributed by atoms with van der Waals surface area (Å²) in [5, 5.41) is 0. The van der Waals surface area contributed by atoms with Gasteiger partial charge in [-0.25, -0.2) is 0 Å². The Balaban J connectivity index is 2.15. The molecule has 1 unspecified atom stereocenters. The first-order valence-electron chi connectivity index (χ1n) is 3.73. The second-order valence-electron chi connectivity index (χ2n) is 2.64. The minimum Gasteiger partial charge on any atom is -0.452 e. The predicted octanol–water partition coefficient (Wildman–Crippen LogP) is 2.89. The van der Waals surface area contributed by atoms with Crippen LogP contribution in [0.4, 0.5) is 0 Å². The highest BCUT2D eigenvalue weighted by Gasteiger charge is 2.20. The molecular formula is C8H9BrO2. The van der Waals surface area contributed by atoms with Crippen LogP contribution >= 0.6 is 15.9 Å². The summed E-state index contributed by atoms with van der Waals surface area (Å²) in [6, 6.07) is 3.86. The molecule has 1 aromatic heterocycles. The van der Waals surface area contributed by atoms with Crippen LogP contribution < -0.4 is 0 Å². The lowest BCUT2D eigenvalue weighted by atomic mass is 10.2. The fourth-order valence-electron chi connectivity index (χ4n) is 1.30. The summed E-state index contributed by atoms with van der Waals surface area (Å²) in [5.41, 5.74) is 0. The third-order valence-corrected chi connectivity index (χ3v) is 2.27. The van der Waals surface area contributed by atoms with Gasteiger partial charge in [-0.3, -0.25) is 0 Å². The summed E-state index contributed by atoms with van der Waals surface area (Å²) in [6.07, 6.45) is 2.42. The molecule has 2 rings (SSSR count). The molecule has 1 fully saturated rings. The zero-order valence-electron chi connectivity index (χ0n) is 6.05. The second kappa shape index (κ2) is 2.99. The van der Waals surface area contributed by atoms with E-state index in [0.29, 0.717) is 0 Å². The van der Waals surface area contributed by atoms with Crippen molar-refractivity contribution in [3.8, 4) is 0 Å². The molecule has 2 nitrogen and oxygen atoms in total. The van der Waals surface area contributed by atoms with Gasteiger partial charge in [0.25, 0.3) is 0 Å². The van der Waals surface area contributed by atoms with E-state index in [0.717, 1.165) is 29.9 Å². The summed E-state index contributed by atoms with van der Waals surface area (Å²) in [4.78, 5) is 0. The largest absolute Gasteiger partial charge is 0.452 e. The van der Waals surface area contributed by atoms with E-state index in [4.69, 9.17) is 9.15 Å². The van der Waals surface area contributed by atoms with E-state index >= 15 is 0 Å². The molecule has 1 aromatic rings. The van der Waals surface area contributed by atoms with Crippen LogP contribution in [0.3, 0.4) is 0 Å². The van der Waals surface area contributed by atoms with Crippen molar-refractivity contribution in [2.24, 2.45) is 0 Å². The number of hydrogen-bond donors (Lipinski definition) is 0. The highest BCUT2D eigenvalue weighted by molar-refractivity contribution is 9.10. The Morgan fingerprint density at radius 2 is 2.36 bits per heavy atom. The van der Waals surface area contributed by atoms with Crippen LogP contribution in [-0.2, 0) is 4.74 Å². The molecule has 0 aromatic carbocycles. The molecule has 1 saturated heterocycles. The van der Waals surface area contributed by atoms with Crippen LogP contribution in [0.2, 0.25) is 0 Å². The first-order valence-corrected chi connectivity index (χ1v) is 4.52. The highest BCUT2D eigenvalue weighted by atomic mass is 79.9. The molecule has 0 saturated carbocycles. The standard InChI is InChI=1S/C8H9BrO2/c9-8-4-3-7(11-8)6-2-1-5-10-6/h3-4,6H,1-2,5H2. The van der Waals surface area contributed by atoms with Gasteiger partial charge in [0.2, 0.25) is 0 Å². The van der Waals surface area contributed by atoms with Crippen molar-refractivity contribution in [1.29, 1.82) is 0 Å².